The van der Waals surface area contributed by atoms with E-state index in [2.05, 4.69) is 35.3 Å². The molecule has 0 bridgehead atoms. The first-order valence-electron chi connectivity index (χ1n) is 6.38. The minimum Gasteiger partial charge on any atom is -0.476 e. The third kappa shape index (κ3) is 2.28. The Bertz CT molecular complexity index is 790. The molecule has 2 aromatic carbocycles. The Morgan fingerprint density at radius 1 is 1.20 bits per heavy atom. The Balaban J connectivity index is 1.94. The Morgan fingerprint density at radius 3 is 2.65 bits per heavy atom. The molecule has 0 aliphatic rings. The molecule has 0 spiro atoms. The van der Waals surface area contributed by atoms with Gasteiger partial charge in [-0.3, -0.25) is 0 Å². The summed E-state index contributed by atoms with van der Waals surface area (Å²) in [7, 11) is 0. The maximum atomic E-state index is 10.9. The van der Waals surface area contributed by atoms with E-state index in [1.807, 2.05) is 23.6 Å². The van der Waals surface area contributed by atoms with Gasteiger partial charge in [0.25, 0.3) is 0 Å². The molecule has 1 heterocycles. The molecule has 0 fully saturated rings. The molecule has 3 aromatic rings. The average Bonchev–Trinajstić information content (AvgIpc) is 2.80. The fourth-order valence-electron chi connectivity index (χ4n) is 2.31. The van der Waals surface area contributed by atoms with E-state index in [9.17, 15) is 4.79 Å². The van der Waals surface area contributed by atoms with Gasteiger partial charge in [-0.25, -0.2) is 9.78 Å². The van der Waals surface area contributed by atoms with Crippen LogP contribution in [0.3, 0.4) is 0 Å². The van der Waals surface area contributed by atoms with Crippen molar-refractivity contribution < 1.29 is 9.90 Å². The Kier molecular flexibility index (Phi) is 2.99. The van der Waals surface area contributed by atoms with Crippen molar-refractivity contribution in [2.75, 3.05) is 0 Å². The van der Waals surface area contributed by atoms with Crippen molar-refractivity contribution in [3.63, 3.8) is 0 Å². The van der Waals surface area contributed by atoms with Crippen molar-refractivity contribution in [3.8, 4) is 0 Å². The molecule has 3 rings (SSSR count). The van der Waals surface area contributed by atoms with E-state index >= 15 is 0 Å². The number of rotatable bonds is 3. The summed E-state index contributed by atoms with van der Waals surface area (Å²) in [4.78, 5) is 14.9. The van der Waals surface area contributed by atoms with Gasteiger partial charge >= 0.3 is 5.97 Å². The van der Waals surface area contributed by atoms with Crippen LogP contribution in [-0.4, -0.2) is 20.6 Å². The van der Waals surface area contributed by atoms with Gasteiger partial charge < -0.3 is 9.67 Å². The highest BCUT2D eigenvalue weighted by Gasteiger charge is 2.10. The molecule has 1 N–H and O–H groups in total. The number of carbonyl (C=O) groups is 1. The highest BCUT2D eigenvalue weighted by molar-refractivity contribution is 5.85. The number of nitrogens with zero attached hydrogens (tertiary/aromatic N) is 2. The number of hydrogen-bond donors (Lipinski definition) is 1. The number of fused-ring (bicyclic) bond motifs is 1. The summed E-state index contributed by atoms with van der Waals surface area (Å²) >= 11 is 0. The van der Waals surface area contributed by atoms with Gasteiger partial charge in [0.15, 0.2) is 5.69 Å². The summed E-state index contributed by atoms with van der Waals surface area (Å²) in [5, 5.41) is 11.3. The van der Waals surface area contributed by atoms with Crippen LogP contribution in [0.1, 0.15) is 21.9 Å². The van der Waals surface area contributed by atoms with Gasteiger partial charge in [0, 0.05) is 12.7 Å². The Morgan fingerprint density at radius 2 is 1.95 bits per heavy atom. The molecule has 1 aromatic heterocycles. The lowest BCUT2D eigenvalue weighted by Gasteiger charge is -2.06. The second-order valence-corrected chi connectivity index (χ2v) is 4.79. The molecule has 0 unspecified atom stereocenters. The normalized spacial score (nSPS) is 10.8. The minimum absolute atomic E-state index is 0.0864. The number of carboxylic acids is 1. The van der Waals surface area contributed by atoms with E-state index < -0.39 is 5.97 Å². The molecule has 0 saturated heterocycles. The van der Waals surface area contributed by atoms with Crippen LogP contribution in [0.2, 0.25) is 0 Å². The summed E-state index contributed by atoms with van der Waals surface area (Å²) in [6.45, 7) is 2.43. The fraction of sp³-hybridized carbons (Fsp3) is 0.125. The van der Waals surface area contributed by atoms with Crippen LogP contribution >= 0.6 is 0 Å². The molecule has 0 amide bonds. The maximum absolute atomic E-state index is 10.9. The monoisotopic (exact) mass is 266 g/mol. The third-order valence-corrected chi connectivity index (χ3v) is 3.36. The first kappa shape index (κ1) is 12.4. The van der Waals surface area contributed by atoms with E-state index in [0.29, 0.717) is 12.4 Å². The number of benzene rings is 2. The van der Waals surface area contributed by atoms with Crippen LogP contribution in [0.5, 0.6) is 0 Å². The molecule has 4 heteroatoms. The zero-order valence-electron chi connectivity index (χ0n) is 11.1. The van der Waals surface area contributed by atoms with E-state index in [0.717, 1.165) is 5.56 Å². The maximum Gasteiger partial charge on any atom is 0.356 e. The quantitative estimate of drug-likeness (QED) is 0.792. The molecular formula is C16H14N2O2. The number of aryl methyl sites for hydroxylation is 1. The van der Waals surface area contributed by atoms with Crippen LogP contribution in [0.4, 0.5) is 0 Å². The van der Waals surface area contributed by atoms with Crippen LogP contribution in [0.25, 0.3) is 10.8 Å². The lowest BCUT2D eigenvalue weighted by molar-refractivity contribution is 0.0691. The number of aromatic nitrogens is 2. The van der Waals surface area contributed by atoms with Crippen LogP contribution in [0.15, 0.2) is 48.7 Å². The molecule has 0 aliphatic carbocycles. The highest BCUT2D eigenvalue weighted by Crippen LogP contribution is 2.17. The van der Waals surface area contributed by atoms with Crippen molar-refractivity contribution in [1.29, 1.82) is 0 Å². The van der Waals surface area contributed by atoms with Crippen molar-refractivity contribution in [2.24, 2.45) is 0 Å². The van der Waals surface area contributed by atoms with E-state index in [4.69, 9.17) is 5.11 Å². The predicted molar refractivity (Wildman–Crippen MR) is 77.0 cm³/mol. The fourth-order valence-corrected chi connectivity index (χ4v) is 2.31. The number of aromatic carboxylic acids is 1. The zero-order chi connectivity index (χ0) is 14.1. The molecule has 0 aliphatic heterocycles. The second-order valence-electron chi connectivity index (χ2n) is 4.79. The zero-order valence-corrected chi connectivity index (χ0v) is 11.1. The van der Waals surface area contributed by atoms with Crippen molar-refractivity contribution >= 4 is 16.7 Å². The van der Waals surface area contributed by atoms with Gasteiger partial charge in [-0.05, 0) is 29.3 Å². The molecule has 100 valence electrons. The first-order valence-corrected chi connectivity index (χ1v) is 6.38. The summed E-state index contributed by atoms with van der Waals surface area (Å²) < 4.78 is 1.85. The van der Waals surface area contributed by atoms with Gasteiger partial charge in [0.1, 0.15) is 5.82 Å². The number of carboxylic acid groups (broad SMARTS) is 1. The van der Waals surface area contributed by atoms with Gasteiger partial charge in [0.05, 0.1) is 0 Å². The third-order valence-electron chi connectivity index (χ3n) is 3.36. The van der Waals surface area contributed by atoms with Gasteiger partial charge in [0.2, 0.25) is 0 Å². The van der Waals surface area contributed by atoms with E-state index in [1.165, 1.54) is 10.8 Å². The minimum atomic E-state index is -0.995. The summed E-state index contributed by atoms with van der Waals surface area (Å²) in [6.07, 6.45) is 1.58. The first-order chi connectivity index (χ1) is 9.63. The Labute approximate surface area is 116 Å². The van der Waals surface area contributed by atoms with E-state index in [1.54, 1.807) is 6.20 Å². The lowest BCUT2D eigenvalue weighted by Crippen LogP contribution is -2.00. The van der Waals surface area contributed by atoms with Crippen LogP contribution in [-0.2, 0) is 6.54 Å². The largest absolute Gasteiger partial charge is 0.476 e. The summed E-state index contributed by atoms with van der Waals surface area (Å²) in [5.74, 6) is -0.291. The molecule has 0 saturated carbocycles. The molecule has 0 radical (unpaired) electrons. The lowest BCUT2D eigenvalue weighted by atomic mass is 10.1. The van der Waals surface area contributed by atoms with Crippen molar-refractivity contribution in [3.05, 3.63) is 65.7 Å². The predicted octanol–water partition coefficient (Wildman–Crippen LogP) is 3.09. The highest BCUT2D eigenvalue weighted by atomic mass is 16.4. The van der Waals surface area contributed by atoms with Crippen molar-refractivity contribution in [1.82, 2.24) is 9.55 Å². The number of hydrogen-bond acceptors (Lipinski definition) is 2. The molecule has 4 nitrogen and oxygen atoms in total. The smallest absolute Gasteiger partial charge is 0.356 e. The molecule has 0 atom stereocenters. The standard InChI is InChI=1S/C16H14N2O2/c1-11-17-15(16(19)20)10-18(11)9-12-6-7-13-4-2-3-5-14(13)8-12/h2-8,10H,9H2,1H3,(H,19,20). The topological polar surface area (TPSA) is 55.1 Å². The number of imidazole rings is 1. The SMILES string of the molecule is Cc1nc(C(=O)O)cn1Cc1ccc2ccccc2c1. The van der Waals surface area contributed by atoms with Crippen LogP contribution < -0.4 is 0 Å². The van der Waals surface area contributed by atoms with Gasteiger partial charge in [-0.2, -0.15) is 0 Å². The molecule has 20 heavy (non-hydrogen) atoms. The van der Waals surface area contributed by atoms with Gasteiger partial charge in [-0.15, -0.1) is 0 Å². The summed E-state index contributed by atoms with van der Waals surface area (Å²) in [5.41, 5.74) is 1.21. The summed E-state index contributed by atoms with van der Waals surface area (Å²) in [6, 6.07) is 14.4. The molecular weight excluding hydrogens is 252 g/mol. The van der Waals surface area contributed by atoms with Crippen molar-refractivity contribution in [2.45, 2.75) is 13.5 Å². The van der Waals surface area contributed by atoms with E-state index in [-0.39, 0.29) is 5.69 Å². The average molecular weight is 266 g/mol. The second kappa shape index (κ2) is 4.81. The van der Waals surface area contributed by atoms with Crippen LogP contribution in [0, 0.1) is 6.92 Å². The van der Waals surface area contributed by atoms with Gasteiger partial charge in [-0.1, -0.05) is 36.4 Å². The Hall–Kier alpha value is -2.62.